The molecule has 1 heterocycles. The van der Waals surface area contributed by atoms with Crippen LogP contribution in [0.3, 0.4) is 0 Å². The average molecular weight is 505 g/mol. The van der Waals surface area contributed by atoms with Gasteiger partial charge in [-0.15, -0.1) is 0 Å². The lowest BCUT2D eigenvalue weighted by atomic mass is 10.1. The first-order valence-corrected chi connectivity index (χ1v) is 11.8. The molecule has 2 N–H and O–H groups in total. The molecule has 10 heteroatoms. The van der Waals surface area contributed by atoms with E-state index in [1.807, 2.05) is 0 Å². The normalized spacial score (nSPS) is 11.0. The van der Waals surface area contributed by atoms with Gasteiger partial charge < -0.3 is 5.32 Å². The molecule has 0 spiro atoms. The largest absolute Gasteiger partial charge is 0.302 e. The summed E-state index contributed by atoms with van der Waals surface area (Å²) in [5, 5.41) is 11.9. The Morgan fingerprint density at radius 3 is 2.57 bits per heavy atom. The van der Waals surface area contributed by atoms with Crippen LogP contribution in [-0.4, -0.2) is 19.3 Å². The number of sulfonamides is 1. The molecule has 30 heavy (non-hydrogen) atoms. The summed E-state index contributed by atoms with van der Waals surface area (Å²) in [7, 11) is -3.87. The van der Waals surface area contributed by atoms with Crippen molar-refractivity contribution in [3.63, 3.8) is 0 Å². The molecule has 0 saturated carbocycles. The van der Waals surface area contributed by atoms with Crippen molar-refractivity contribution in [2.75, 3.05) is 10.0 Å². The second-order valence-electron chi connectivity index (χ2n) is 6.40. The fourth-order valence-electron chi connectivity index (χ4n) is 2.71. The number of rotatable bonds is 6. The Morgan fingerprint density at radius 2 is 1.93 bits per heavy atom. The van der Waals surface area contributed by atoms with Crippen LogP contribution in [0.1, 0.15) is 18.2 Å². The third kappa shape index (κ3) is 5.05. The fourth-order valence-corrected chi connectivity index (χ4v) is 5.77. The van der Waals surface area contributed by atoms with Crippen LogP contribution in [0.25, 0.3) is 10.4 Å². The number of halogens is 1. The number of hydrogen-bond donors (Lipinski definition) is 2. The third-order valence-corrected chi connectivity index (χ3v) is 7.55. The molecule has 0 unspecified atom stereocenters. The number of nitrogens with one attached hydrogen (secondary N) is 2. The number of hydrogen-bond acceptors (Lipinski definition) is 6. The molecular formula is C20H17BrN4O3S2. The highest BCUT2D eigenvalue weighted by molar-refractivity contribution is 9.10. The van der Waals surface area contributed by atoms with E-state index in [0.717, 1.165) is 10.4 Å². The van der Waals surface area contributed by atoms with Crippen LogP contribution >= 0.6 is 27.3 Å². The molecule has 0 aliphatic rings. The minimum absolute atomic E-state index is 0.0787. The van der Waals surface area contributed by atoms with Gasteiger partial charge in [-0.1, -0.05) is 29.5 Å². The van der Waals surface area contributed by atoms with Gasteiger partial charge in [-0.2, -0.15) is 5.26 Å². The van der Waals surface area contributed by atoms with Crippen molar-refractivity contribution < 1.29 is 13.2 Å². The van der Waals surface area contributed by atoms with Gasteiger partial charge in [-0.25, -0.2) is 13.4 Å². The monoisotopic (exact) mass is 504 g/mol. The Balaban J connectivity index is 1.93. The third-order valence-electron chi connectivity index (χ3n) is 4.05. The first kappa shape index (κ1) is 22.0. The lowest BCUT2D eigenvalue weighted by Gasteiger charge is -2.11. The number of nitriles is 1. The SMILES string of the molecule is CC(=O)Nc1nc(C)c(-c2ccc(Br)c(S(=O)(=O)Nc3ccc(CC#N)cc3)c2)s1. The van der Waals surface area contributed by atoms with E-state index in [1.165, 1.54) is 18.3 Å². The number of thiazole rings is 1. The summed E-state index contributed by atoms with van der Waals surface area (Å²) in [5.74, 6) is -0.223. The Bertz CT molecular complexity index is 1250. The van der Waals surface area contributed by atoms with E-state index >= 15 is 0 Å². The van der Waals surface area contributed by atoms with Gasteiger partial charge in [0.15, 0.2) is 5.13 Å². The van der Waals surface area contributed by atoms with Crippen molar-refractivity contribution in [2.24, 2.45) is 0 Å². The Hall–Kier alpha value is -2.74. The van der Waals surface area contributed by atoms with E-state index in [2.05, 4.69) is 37.0 Å². The van der Waals surface area contributed by atoms with Crippen LogP contribution in [0.2, 0.25) is 0 Å². The van der Waals surface area contributed by atoms with Crippen LogP contribution in [0.4, 0.5) is 10.8 Å². The van der Waals surface area contributed by atoms with Gasteiger partial charge in [0.05, 0.1) is 23.1 Å². The number of aryl methyl sites for hydroxylation is 1. The first-order chi connectivity index (χ1) is 14.2. The van der Waals surface area contributed by atoms with Crippen molar-refractivity contribution >= 4 is 54.0 Å². The topological polar surface area (TPSA) is 112 Å². The van der Waals surface area contributed by atoms with Gasteiger partial charge in [0.2, 0.25) is 5.91 Å². The molecule has 2 aromatic carbocycles. The zero-order valence-corrected chi connectivity index (χ0v) is 19.3. The van der Waals surface area contributed by atoms with Gasteiger partial charge in [-0.05, 0) is 58.2 Å². The van der Waals surface area contributed by atoms with Crippen molar-refractivity contribution in [3.8, 4) is 16.5 Å². The van der Waals surface area contributed by atoms with Crippen LogP contribution in [0, 0.1) is 18.3 Å². The minimum Gasteiger partial charge on any atom is -0.302 e. The fraction of sp³-hybridized carbons (Fsp3) is 0.150. The number of benzene rings is 2. The molecule has 1 aromatic heterocycles. The molecule has 0 atom stereocenters. The summed E-state index contributed by atoms with van der Waals surface area (Å²) < 4.78 is 29.0. The van der Waals surface area contributed by atoms with Crippen LogP contribution in [-0.2, 0) is 21.2 Å². The maximum absolute atomic E-state index is 13.0. The molecule has 0 bridgehead atoms. The van der Waals surface area contributed by atoms with Gasteiger partial charge in [0.1, 0.15) is 4.90 Å². The van der Waals surface area contributed by atoms with Crippen molar-refractivity contribution in [3.05, 3.63) is 58.2 Å². The Labute approximate surface area is 187 Å². The highest BCUT2D eigenvalue weighted by Gasteiger charge is 2.20. The molecule has 3 aromatic rings. The predicted molar refractivity (Wildman–Crippen MR) is 121 cm³/mol. The van der Waals surface area contributed by atoms with Crippen LogP contribution < -0.4 is 10.0 Å². The minimum atomic E-state index is -3.87. The molecule has 0 aliphatic carbocycles. The molecule has 0 radical (unpaired) electrons. The van der Waals surface area contributed by atoms with Crippen molar-refractivity contribution in [2.45, 2.75) is 25.2 Å². The number of anilines is 2. The van der Waals surface area contributed by atoms with E-state index in [-0.39, 0.29) is 17.2 Å². The highest BCUT2D eigenvalue weighted by atomic mass is 79.9. The second-order valence-corrected chi connectivity index (χ2v) is 9.90. The van der Waals surface area contributed by atoms with Crippen LogP contribution in [0.5, 0.6) is 0 Å². The number of carbonyl (C=O) groups excluding carboxylic acids is 1. The summed E-state index contributed by atoms with van der Waals surface area (Å²) in [5.41, 5.74) is 2.57. The van der Waals surface area contributed by atoms with Crippen LogP contribution in [0.15, 0.2) is 51.8 Å². The lowest BCUT2D eigenvalue weighted by Crippen LogP contribution is -2.13. The van der Waals surface area contributed by atoms with Gasteiger partial charge in [-0.3, -0.25) is 9.52 Å². The molecule has 0 saturated heterocycles. The van der Waals surface area contributed by atoms with Gasteiger partial charge in [0, 0.05) is 17.1 Å². The lowest BCUT2D eigenvalue weighted by molar-refractivity contribution is -0.114. The average Bonchev–Trinajstić information content (AvgIpc) is 3.03. The van der Waals surface area contributed by atoms with Crippen molar-refractivity contribution in [1.82, 2.24) is 4.98 Å². The summed E-state index contributed by atoms with van der Waals surface area (Å²) in [6.07, 6.45) is 0.259. The predicted octanol–water partition coefficient (Wildman–Crippen LogP) is 4.71. The van der Waals surface area contributed by atoms with E-state index in [0.29, 0.717) is 26.5 Å². The zero-order chi connectivity index (χ0) is 21.9. The summed E-state index contributed by atoms with van der Waals surface area (Å²) in [6, 6.07) is 13.7. The quantitative estimate of drug-likeness (QED) is 0.504. The molecule has 7 nitrogen and oxygen atoms in total. The molecule has 154 valence electrons. The van der Waals surface area contributed by atoms with E-state index in [9.17, 15) is 13.2 Å². The molecular weight excluding hydrogens is 488 g/mol. The standard InChI is InChI=1S/C20H17BrN4O3S2/c1-12-19(29-20(23-12)24-13(2)26)15-5-8-17(21)18(11-15)30(27,28)25-16-6-3-14(4-7-16)9-10-22/h3-8,11,25H,9H2,1-2H3,(H,23,24,26). The van der Waals surface area contributed by atoms with E-state index < -0.39 is 10.0 Å². The highest BCUT2D eigenvalue weighted by Crippen LogP contribution is 2.36. The summed E-state index contributed by atoms with van der Waals surface area (Å²) in [6.45, 7) is 3.20. The molecule has 0 aliphatic heterocycles. The zero-order valence-electron chi connectivity index (χ0n) is 16.1. The molecule has 1 amide bonds. The van der Waals surface area contributed by atoms with Gasteiger partial charge >= 0.3 is 0 Å². The Morgan fingerprint density at radius 1 is 1.23 bits per heavy atom. The summed E-state index contributed by atoms with van der Waals surface area (Å²) in [4.78, 5) is 16.4. The number of amides is 1. The number of carbonyl (C=O) groups is 1. The maximum Gasteiger partial charge on any atom is 0.263 e. The number of nitrogens with zero attached hydrogens (tertiary/aromatic N) is 2. The first-order valence-electron chi connectivity index (χ1n) is 8.73. The smallest absolute Gasteiger partial charge is 0.263 e. The number of aromatic nitrogens is 1. The second kappa shape index (κ2) is 8.95. The van der Waals surface area contributed by atoms with E-state index in [4.69, 9.17) is 5.26 Å². The summed E-state index contributed by atoms with van der Waals surface area (Å²) >= 11 is 4.59. The molecule has 0 fully saturated rings. The van der Waals surface area contributed by atoms with E-state index in [1.54, 1.807) is 49.4 Å². The maximum atomic E-state index is 13.0. The Kier molecular flexibility index (Phi) is 6.55. The van der Waals surface area contributed by atoms with Crippen molar-refractivity contribution in [1.29, 1.82) is 5.26 Å². The molecule has 3 rings (SSSR count). The van der Waals surface area contributed by atoms with Gasteiger partial charge in [0.25, 0.3) is 10.0 Å².